The number of nitrogens with zero attached hydrogens (tertiary/aromatic N) is 4. The highest BCUT2D eigenvalue weighted by Gasteiger charge is 2.24. The second-order valence-corrected chi connectivity index (χ2v) is 6.12. The molecule has 122 valence electrons. The van der Waals surface area contributed by atoms with E-state index >= 15 is 0 Å². The van der Waals surface area contributed by atoms with Crippen LogP contribution in [0.3, 0.4) is 0 Å². The van der Waals surface area contributed by atoms with Crippen LogP contribution in [-0.4, -0.2) is 45.6 Å². The maximum Gasteiger partial charge on any atom is 0.339 e. The van der Waals surface area contributed by atoms with Crippen LogP contribution in [0.5, 0.6) is 0 Å². The van der Waals surface area contributed by atoms with E-state index in [0.29, 0.717) is 11.5 Å². The molecular weight excluding hydrogens is 292 g/mol. The van der Waals surface area contributed by atoms with Gasteiger partial charge in [-0.3, -0.25) is 9.88 Å². The van der Waals surface area contributed by atoms with Crippen LogP contribution in [-0.2, 0) is 24.8 Å². The van der Waals surface area contributed by atoms with Gasteiger partial charge in [-0.1, -0.05) is 0 Å². The van der Waals surface area contributed by atoms with Gasteiger partial charge in [0, 0.05) is 38.4 Å². The molecule has 23 heavy (non-hydrogen) atoms. The number of esters is 1. The number of carbonyl (C=O) groups is 1. The largest absolute Gasteiger partial charge is 0.465 e. The van der Waals surface area contributed by atoms with Crippen LogP contribution in [0, 0.1) is 5.92 Å². The molecule has 2 aromatic heterocycles. The molecule has 1 aliphatic heterocycles. The molecule has 1 atom stereocenters. The van der Waals surface area contributed by atoms with E-state index in [4.69, 9.17) is 4.74 Å². The van der Waals surface area contributed by atoms with E-state index in [-0.39, 0.29) is 5.97 Å². The second kappa shape index (κ2) is 6.91. The summed E-state index contributed by atoms with van der Waals surface area (Å²) in [6.07, 6.45) is 9.31. The first kappa shape index (κ1) is 15.7. The second-order valence-electron chi connectivity index (χ2n) is 6.12. The van der Waals surface area contributed by atoms with Gasteiger partial charge >= 0.3 is 5.97 Å². The van der Waals surface area contributed by atoms with Gasteiger partial charge in [-0.2, -0.15) is 0 Å². The summed E-state index contributed by atoms with van der Waals surface area (Å²) in [6, 6.07) is 1.89. The molecule has 1 unspecified atom stereocenters. The fourth-order valence-corrected chi connectivity index (χ4v) is 3.13. The first-order valence-electron chi connectivity index (χ1n) is 7.86. The maximum atomic E-state index is 11.6. The molecule has 0 aliphatic carbocycles. The molecule has 0 aromatic carbocycles. The number of rotatable bonds is 5. The predicted octanol–water partition coefficient (Wildman–Crippen LogP) is 1.67. The summed E-state index contributed by atoms with van der Waals surface area (Å²) in [6.45, 7) is 3.03. The Morgan fingerprint density at radius 1 is 1.43 bits per heavy atom. The topological polar surface area (TPSA) is 60.2 Å². The fourth-order valence-electron chi connectivity index (χ4n) is 3.13. The van der Waals surface area contributed by atoms with E-state index in [1.54, 1.807) is 6.20 Å². The molecule has 0 bridgehead atoms. The van der Waals surface area contributed by atoms with Gasteiger partial charge in [0.2, 0.25) is 0 Å². The SMILES string of the molecule is COC(=O)c1cncc(CC2CCN(Cc3nccn3C)C2)c1. The van der Waals surface area contributed by atoms with Crippen molar-refractivity contribution in [2.75, 3.05) is 20.2 Å². The lowest BCUT2D eigenvalue weighted by Gasteiger charge is -2.15. The summed E-state index contributed by atoms with van der Waals surface area (Å²) in [4.78, 5) is 22.6. The van der Waals surface area contributed by atoms with Crippen molar-refractivity contribution in [1.82, 2.24) is 19.4 Å². The Balaban J connectivity index is 1.58. The molecule has 2 aromatic rings. The Bertz CT molecular complexity index is 683. The van der Waals surface area contributed by atoms with Gasteiger partial charge in [0.25, 0.3) is 0 Å². The third kappa shape index (κ3) is 3.76. The first-order chi connectivity index (χ1) is 11.2. The molecule has 0 saturated carbocycles. The number of methoxy groups -OCH3 is 1. The molecule has 0 N–H and O–H groups in total. The highest BCUT2D eigenvalue weighted by atomic mass is 16.5. The standard InChI is InChI=1S/C17H22N4O2/c1-20-6-4-19-16(20)12-21-5-3-13(11-21)7-14-8-15(10-18-9-14)17(22)23-2/h4,6,8-10,13H,3,5,7,11-12H2,1-2H3. The Kier molecular flexibility index (Phi) is 4.71. The average molecular weight is 314 g/mol. The molecule has 6 nitrogen and oxygen atoms in total. The van der Waals surface area contributed by atoms with Crippen LogP contribution in [0.2, 0.25) is 0 Å². The van der Waals surface area contributed by atoms with E-state index in [2.05, 4.69) is 19.4 Å². The van der Waals surface area contributed by atoms with E-state index in [9.17, 15) is 4.79 Å². The van der Waals surface area contributed by atoms with E-state index in [0.717, 1.165) is 43.9 Å². The molecule has 3 heterocycles. The van der Waals surface area contributed by atoms with Crippen LogP contribution in [0.25, 0.3) is 0 Å². The number of pyridine rings is 1. The minimum Gasteiger partial charge on any atom is -0.465 e. The number of aryl methyl sites for hydroxylation is 1. The number of likely N-dealkylation sites (tertiary alicyclic amines) is 1. The zero-order valence-corrected chi connectivity index (χ0v) is 13.6. The molecule has 0 radical (unpaired) electrons. The van der Waals surface area contributed by atoms with Crippen molar-refractivity contribution in [3.05, 3.63) is 47.8 Å². The van der Waals surface area contributed by atoms with Crippen molar-refractivity contribution in [3.63, 3.8) is 0 Å². The summed E-state index contributed by atoms with van der Waals surface area (Å²) in [7, 11) is 3.42. The summed E-state index contributed by atoms with van der Waals surface area (Å²) in [5, 5.41) is 0. The number of hydrogen-bond donors (Lipinski definition) is 0. The van der Waals surface area contributed by atoms with Crippen LogP contribution in [0.1, 0.15) is 28.2 Å². The van der Waals surface area contributed by atoms with Gasteiger partial charge < -0.3 is 9.30 Å². The molecule has 1 fully saturated rings. The third-order valence-corrected chi connectivity index (χ3v) is 4.40. The van der Waals surface area contributed by atoms with Crippen molar-refractivity contribution in [3.8, 4) is 0 Å². The van der Waals surface area contributed by atoms with E-state index < -0.39 is 0 Å². The summed E-state index contributed by atoms with van der Waals surface area (Å²) in [5.41, 5.74) is 1.62. The van der Waals surface area contributed by atoms with Crippen LogP contribution in [0.4, 0.5) is 0 Å². The van der Waals surface area contributed by atoms with Gasteiger partial charge in [0.15, 0.2) is 0 Å². The van der Waals surface area contributed by atoms with Gasteiger partial charge in [0.1, 0.15) is 5.82 Å². The molecule has 1 saturated heterocycles. The molecule has 1 aliphatic rings. The van der Waals surface area contributed by atoms with Gasteiger partial charge in [-0.15, -0.1) is 0 Å². The smallest absolute Gasteiger partial charge is 0.339 e. The lowest BCUT2D eigenvalue weighted by atomic mass is 9.99. The van der Waals surface area contributed by atoms with Crippen LogP contribution < -0.4 is 0 Å². The average Bonchev–Trinajstić information content (AvgIpc) is 3.17. The number of ether oxygens (including phenoxy) is 1. The van der Waals surface area contributed by atoms with Crippen molar-refractivity contribution in [2.45, 2.75) is 19.4 Å². The fraction of sp³-hybridized carbons (Fsp3) is 0.471. The Hall–Kier alpha value is -2.21. The predicted molar refractivity (Wildman–Crippen MR) is 85.9 cm³/mol. The molecule has 0 amide bonds. The normalized spacial score (nSPS) is 18.3. The zero-order valence-electron chi connectivity index (χ0n) is 13.6. The molecule has 6 heteroatoms. The summed E-state index contributed by atoms with van der Waals surface area (Å²) < 4.78 is 6.82. The summed E-state index contributed by atoms with van der Waals surface area (Å²) in [5.74, 6) is 1.35. The van der Waals surface area contributed by atoms with Gasteiger partial charge in [0.05, 0.1) is 19.2 Å². The Morgan fingerprint density at radius 2 is 2.30 bits per heavy atom. The van der Waals surface area contributed by atoms with Crippen LogP contribution in [0.15, 0.2) is 30.9 Å². The quantitative estimate of drug-likeness (QED) is 0.786. The molecule has 0 spiro atoms. The van der Waals surface area contributed by atoms with Crippen molar-refractivity contribution >= 4 is 5.97 Å². The van der Waals surface area contributed by atoms with Gasteiger partial charge in [-0.05, 0) is 36.9 Å². The lowest BCUT2D eigenvalue weighted by molar-refractivity contribution is 0.0600. The van der Waals surface area contributed by atoms with Crippen molar-refractivity contribution in [2.24, 2.45) is 13.0 Å². The van der Waals surface area contributed by atoms with Crippen molar-refractivity contribution in [1.29, 1.82) is 0 Å². The summed E-state index contributed by atoms with van der Waals surface area (Å²) >= 11 is 0. The Labute approximate surface area is 136 Å². The maximum absolute atomic E-state index is 11.6. The van der Waals surface area contributed by atoms with E-state index in [1.165, 1.54) is 7.11 Å². The molecule has 3 rings (SSSR count). The number of carbonyl (C=O) groups excluding carboxylic acids is 1. The highest BCUT2D eigenvalue weighted by molar-refractivity contribution is 5.89. The minimum absolute atomic E-state index is 0.331. The Morgan fingerprint density at radius 3 is 3.04 bits per heavy atom. The lowest BCUT2D eigenvalue weighted by Crippen LogP contribution is -2.22. The monoisotopic (exact) mass is 314 g/mol. The molecular formula is C17H22N4O2. The number of imidazole rings is 1. The highest BCUT2D eigenvalue weighted by Crippen LogP contribution is 2.22. The van der Waals surface area contributed by atoms with Gasteiger partial charge in [-0.25, -0.2) is 9.78 Å². The van der Waals surface area contributed by atoms with E-state index in [1.807, 2.05) is 31.7 Å². The first-order valence-corrected chi connectivity index (χ1v) is 7.86. The van der Waals surface area contributed by atoms with Crippen molar-refractivity contribution < 1.29 is 9.53 Å². The number of hydrogen-bond acceptors (Lipinski definition) is 5. The third-order valence-electron chi connectivity index (χ3n) is 4.40. The van der Waals surface area contributed by atoms with Crippen LogP contribution >= 0.6 is 0 Å². The zero-order chi connectivity index (χ0) is 16.2. The number of aromatic nitrogens is 3. The minimum atomic E-state index is -0.331.